The van der Waals surface area contributed by atoms with Crippen molar-refractivity contribution in [3.8, 4) is 0 Å². The van der Waals surface area contributed by atoms with Crippen LogP contribution in [0.1, 0.15) is 20.8 Å². The van der Waals surface area contributed by atoms with Crippen molar-refractivity contribution in [2.24, 2.45) is 5.92 Å². The number of carbonyl (C=O) groups is 2. The van der Waals surface area contributed by atoms with Crippen molar-refractivity contribution in [3.05, 3.63) is 12.3 Å². The summed E-state index contributed by atoms with van der Waals surface area (Å²) >= 11 is 0. The molecule has 4 nitrogen and oxygen atoms in total. The molecule has 0 aromatic rings. The molecule has 1 atom stereocenters. The Morgan fingerprint density at radius 3 is 2.79 bits per heavy atom. The van der Waals surface area contributed by atoms with Gasteiger partial charge < -0.3 is 4.74 Å². The van der Waals surface area contributed by atoms with E-state index in [1.165, 1.54) is 24.1 Å². The van der Waals surface area contributed by atoms with Crippen LogP contribution in [-0.2, 0) is 9.53 Å². The van der Waals surface area contributed by atoms with Crippen LogP contribution in [0.15, 0.2) is 12.3 Å². The lowest BCUT2D eigenvalue weighted by Gasteiger charge is -2.20. The molecule has 1 amide bonds. The molecule has 0 N–H and O–H groups in total. The molecule has 78 valence electrons. The highest BCUT2D eigenvalue weighted by Crippen LogP contribution is 2.19. The van der Waals surface area contributed by atoms with E-state index >= 15 is 0 Å². The molecule has 1 rings (SSSR count). The molecule has 14 heavy (non-hydrogen) atoms. The first kappa shape index (κ1) is 10.8. The zero-order chi connectivity index (χ0) is 10.7. The Bertz CT molecular complexity index is 271. The number of ether oxygens (including phenoxy) is 1. The monoisotopic (exact) mass is 197 g/mol. The van der Waals surface area contributed by atoms with E-state index in [2.05, 4.69) is 0 Å². The number of amides is 1. The molecule has 1 aliphatic heterocycles. The number of allylic oxidation sites excluding steroid dienone is 1. The Hall–Kier alpha value is -1.32. The number of rotatable bonds is 3. The second-order valence-electron chi connectivity index (χ2n) is 3.72. The summed E-state index contributed by atoms with van der Waals surface area (Å²) in [4.78, 5) is 23.4. The molecular weight excluding hydrogens is 182 g/mol. The maximum absolute atomic E-state index is 11.2. The van der Waals surface area contributed by atoms with Gasteiger partial charge in [0, 0.05) is 6.20 Å². The van der Waals surface area contributed by atoms with Crippen molar-refractivity contribution in [1.82, 2.24) is 4.90 Å². The van der Waals surface area contributed by atoms with Gasteiger partial charge in [0.15, 0.2) is 5.78 Å². The third kappa shape index (κ3) is 2.34. The number of nitrogens with zero attached hydrogens (tertiary/aromatic N) is 1. The molecule has 4 heteroatoms. The highest BCUT2D eigenvalue weighted by atomic mass is 16.6. The largest absolute Gasteiger partial charge is 0.447 e. The predicted molar refractivity (Wildman–Crippen MR) is 51.6 cm³/mol. The maximum atomic E-state index is 11.2. The van der Waals surface area contributed by atoms with Gasteiger partial charge in [0.05, 0.1) is 6.04 Å². The number of cyclic esters (lactones) is 1. The molecule has 1 fully saturated rings. The zero-order valence-electron chi connectivity index (χ0n) is 8.69. The van der Waals surface area contributed by atoms with Crippen LogP contribution in [0.3, 0.4) is 0 Å². The average molecular weight is 197 g/mol. The summed E-state index contributed by atoms with van der Waals surface area (Å²) in [6, 6.07) is 0.0399. The smallest absolute Gasteiger partial charge is 0.414 e. The van der Waals surface area contributed by atoms with E-state index in [0.29, 0.717) is 12.5 Å². The van der Waals surface area contributed by atoms with Gasteiger partial charge in [0.25, 0.3) is 0 Å². The lowest BCUT2D eigenvalue weighted by Crippen LogP contribution is -2.32. The van der Waals surface area contributed by atoms with Crippen molar-refractivity contribution in [2.45, 2.75) is 26.8 Å². The fourth-order valence-electron chi connectivity index (χ4n) is 1.32. The van der Waals surface area contributed by atoms with Crippen molar-refractivity contribution in [1.29, 1.82) is 0 Å². The van der Waals surface area contributed by atoms with Crippen LogP contribution in [0.4, 0.5) is 4.79 Å². The second kappa shape index (κ2) is 4.26. The number of ketones is 1. The fraction of sp³-hybridized carbons (Fsp3) is 0.600. The first-order chi connectivity index (χ1) is 6.52. The minimum Gasteiger partial charge on any atom is -0.447 e. The van der Waals surface area contributed by atoms with Crippen molar-refractivity contribution >= 4 is 11.9 Å². The van der Waals surface area contributed by atoms with E-state index in [4.69, 9.17) is 4.74 Å². The Morgan fingerprint density at radius 1 is 1.64 bits per heavy atom. The van der Waals surface area contributed by atoms with Gasteiger partial charge in [-0.1, -0.05) is 13.8 Å². The summed E-state index contributed by atoms with van der Waals surface area (Å²) in [7, 11) is 0. The van der Waals surface area contributed by atoms with E-state index in [9.17, 15) is 9.59 Å². The first-order valence-corrected chi connectivity index (χ1v) is 4.66. The zero-order valence-corrected chi connectivity index (χ0v) is 8.69. The summed E-state index contributed by atoms with van der Waals surface area (Å²) < 4.78 is 4.90. The van der Waals surface area contributed by atoms with Crippen LogP contribution in [0.5, 0.6) is 0 Å². The summed E-state index contributed by atoms with van der Waals surface area (Å²) in [5.41, 5.74) is 0. The first-order valence-electron chi connectivity index (χ1n) is 4.66. The quantitative estimate of drug-likeness (QED) is 0.645. The van der Waals surface area contributed by atoms with Gasteiger partial charge >= 0.3 is 6.09 Å². The lowest BCUT2D eigenvalue weighted by molar-refractivity contribution is -0.112. The maximum Gasteiger partial charge on any atom is 0.414 e. The van der Waals surface area contributed by atoms with Crippen molar-refractivity contribution in [3.63, 3.8) is 0 Å². The van der Waals surface area contributed by atoms with Gasteiger partial charge in [0.2, 0.25) is 0 Å². The minimum atomic E-state index is -0.374. The normalized spacial score (nSPS) is 22.1. The van der Waals surface area contributed by atoms with E-state index < -0.39 is 0 Å². The van der Waals surface area contributed by atoms with Crippen LogP contribution in [-0.4, -0.2) is 29.4 Å². The molecule has 1 aliphatic rings. The summed E-state index contributed by atoms with van der Waals surface area (Å²) in [6.45, 7) is 5.88. The van der Waals surface area contributed by atoms with Gasteiger partial charge in [-0.15, -0.1) is 0 Å². The average Bonchev–Trinajstić information content (AvgIpc) is 2.43. The third-order valence-corrected chi connectivity index (χ3v) is 2.19. The van der Waals surface area contributed by atoms with Gasteiger partial charge in [-0.25, -0.2) is 4.79 Å². The molecule has 0 saturated carbocycles. The van der Waals surface area contributed by atoms with Gasteiger partial charge in [0.1, 0.15) is 6.61 Å². The Balaban J connectivity index is 2.72. The van der Waals surface area contributed by atoms with Crippen LogP contribution >= 0.6 is 0 Å². The summed E-state index contributed by atoms with van der Waals surface area (Å²) in [5.74, 6) is 0.241. The van der Waals surface area contributed by atoms with Gasteiger partial charge in [-0.3, -0.25) is 9.69 Å². The molecule has 0 aromatic carbocycles. The number of hydrogen-bond acceptors (Lipinski definition) is 3. The van der Waals surface area contributed by atoms with Crippen LogP contribution in [0.25, 0.3) is 0 Å². The standard InChI is InChI=1S/C10H15NO3/c1-7(2)9-6-14-10(13)11(9)5-4-8(3)12/h4-5,7,9H,6H2,1-3H3/b5-4+/t9-/m0/s1. The van der Waals surface area contributed by atoms with Crippen LogP contribution < -0.4 is 0 Å². The van der Waals surface area contributed by atoms with Crippen LogP contribution in [0, 0.1) is 5.92 Å². The molecule has 0 bridgehead atoms. The minimum absolute atomic E-state index is 0.0399. The third-order valence-electron chi connectivity index (χ3n) is 2.19. The number of hydrogen-bond donors (Lipinski definition) is 0. The van der Waals surface area contributed by atoms with Crippen LogP contribution in [0.2, 0.25) is 0 Å². The van der Waals surface area contributed by atoms with Crippen molar-refractivity contribution < 1.29 is 14.3 Å². The summed E-state index contributed by atoms with van der Waals surface area (Å²) in [6.07, 6.45) is 2.51. The molecule has 1 saturated heterocycles. The highest BCUT2D eigenvalue weighted by Gasteiger charge is 2.33. The topological polar surface area (TPSA) is 46.6 Å². The molecule has 0 unspecified atom stereocenters. The molecule has 1 heterocycles. The van der Waals surface area contributed by atoms with Gasteiger partial charge in [-0.2, -0.15) is 0 Å². The van der Waals surface area contributed by atoms with E-state index in [0.717, 1.165) is 0 Å². The van der Waals surface area contributed by atoms with E-state index in [1.807, 2.05) is 13.8 Å². The highest BCUT2D eigenvalue weighted by molar-refractivity contribution is 5.87. The Kier molecular flexibility index (Phi) is 3.28. The SMILES string of the molecule is CC(=O)/C=C/N1C(=O)OC[C@H]1C(C)C. The predicted octanol–water partition coefficient (Wildman–Crippen LogP) is 1.57. The molecule has 0 aliphatic carbocycles. The Labute approximate surface area is 83.5 Å². The van der Waals surface area contributed by atoms with Gasteiger partial charge in [-0.05, 0) is 18.9 Å². The van der Waals surface area contributed by atoms with E-state index in [-0.39, 0.29) is 17.9 Å². The fourth-order valence-corrected chi connectivity index (χ4v) is 1.32. The molecule has 0 radical (unpaired) electrons. The lowest BCUT2D eigenvalue weighted by atomic mass is 10.1. The second-order valence-corrected chi connectivity index (χ2v) is 3.72. The number of carbonyl (C=O) groups excluding carboxylic acids is 2. The summed E-state index contributed by atoms with van der Waals surface area (Å²) in [5, 5.41) is 0. The van der Waals surface area contributed by atoms with E-state index in [1.54, 1.807) is 0 Å². The Morgan fingerprint density at radius 2 is 2.29 bits per heavy atom. The molecule has 0 aromatic heterocycles. The molecular formula is C10H15NO3. The molecule has 0 spiro atoms. The van der Waals surface area contributed by atoms with Crippen molar-refractivity contribution in [2.75, 3.05) is 6.61 Å².